The van der Waals surface area contributed by atoms with Crippen LogP contribution in [0, 0.1) is 0 Å². The van der Waals surface area contributed by atoms with E-state index in [0.717, 1.165) is 11.1 Å². The van der Waals surface area contributed by atoms with E-state index in [4.69, 9.17) is 9.31 Å². The first kappa shape index (κ1) is 22.5. The molecule has 5 nitrogen and oxygen atoms in total. The molecule has 2 fully saturated rings. The van der Waals surface area contributed by atoms with Gasteiger partial charge >= 0.3 is 7.12 Å². The summed E-state index contributed by atoms with van der Waals surface area (Å²) in [7, 11) is -3.86. The first-order chi connectivity index (χ1) is 14.4. The van der Waals surface area contributed by atoms with E-state index in [1.165, 1.54) is 6.26 Å². The Morgan fingerprint density at radius 3 is 1.77 bits per heavy atom. The largest absolute Gasteiger partial charge is 0.459 e. The van der Waals surface area contributed by atoms with Crippen molar-refractivity contribution in [3.63, 3.8) is 0 Å². The van der Waals surface area contributed by atoms with Gasteiger partial charge in [0.05, 0.1) is 17.5 Å². The zero-order valence-corrected chi connectivity index (χ0v) is 19.9. The minimum absolute atomic E-state index is 0.217. The number of hydrogen-bond donors (Lipinski definition) is 0. The van der Waals surface area contributed by atoms with Gasteiger partial charge in [-0.05, 0) is 51.6 Å². The smallest absolute Gasteiger partial charge is 0.403 e. The summed E-state index contributed by atoms with van der Waals surface area (Å²) in [6.45, 7) is 8.49. The van der Waals surface area contributed by atoms with Crippen molar-refractivity contribution in [3.05, 3.63) is 71.8 Å². The molecule has 166 valence electrons. The molecule has 2 aliphatic rings. The van der Waals surface area contributed by atoms with Gasteiger partial charge in [-0.3, -0.25) is 0 Å². The van der Waals surface area contributed by atoms with E-state index in [2.05, 4.69) is 24.3 Å². The number of nitrogens with zero attached hydrogens (tertiary/aromatic N) is 1. The Morgan fingerprint density at radius 1 is 0.903 bits per heavy atom. The Morgan fingerprint density at radius 2 is 1.35 bits per heavy atom. The van der Waals surface area contributed by atoms with Crippen LogP contribution >= 0.6 is 0 Å². The first-order valence-corrected chi connectivity index (χ1v) is 12.7. The summed E-state index contributed by atoms with van der Waals surface area (Å²) < 4.78 is 39.8. The maximum Gasteiger partial charge on any atom is 0.459 e. The summed E-state index contributed by atoms with van der Waals surface area (Å²) in [5.74, 6) is 0. The molecule has 0 bridgehead atoms. The maximum absolute atomic E-state index is 12.9. The Kier molecular flexibility index (Phi) is 5.62. The van der Waals surface area contributed by atoms with E-state index in [-0.39, 0.29) is 6.04 Å². The Labute approximate surface area is 186 Å². The molecule has 4 rings (SSSR count). The monoisotopic (exact) mass is 441 g/mol. The lowest BCUT2D eigenvalue weighted by Crippen LogP contribution is -2.41. The van der Waals surface area contributed by atoms with E-state index in [0.29, 0.717) is 19.3 Å². The molecule has 1 unspecified atom stereocenters. The Bertz CT molecular complexity index is 969. The average Bonchev–Trinajstić information content (AvgIpc) is 3.18. The highest BCUT2D eigenvalue weighted by atomic mass is 32.2. The van der Waals surface area contributed by atoms with Gasteiger partial charge in [0, 0.05) is 18.0 Å². The number of sulfonamides is 1. The fourth-order valence-corrected chi connectivity index (χ4v) is 6.09. The predicted molar refractivity (Wildman–Crippen MR) is 125 cm³/mol. The second kappa shape index (κ2) is 7.73. The summed E-state index contributed by atoms with van der Waals surface area (Å²) >= 11 is 0. The highest BCUT2D eigenvalue weighted by Crippen LogP contribution is 2.47. The van der Waals surface area contributed by atoms with E-state index in [1.807, 2.05) is 64.1 Å². The molecule has 2 aromatic carbocycles. The van der Waals surface area contributed by atoms with Crippen LogP contribution in [0.25, 0.3) is 0 Å². The molecule has 0 aromatic heterocycles. The number of hydrogen-bond acceptors (Lipinski definition) is 4. The molecule has 0 aliphatic carbocycles. The van der Waals surface area contributed by atoms with Gasteiger partial charge in [-0.15, -0.1) is 0 Å². The van der Waals surface area contributed by atoms with Crippen molar-refractivity contribution in [2.24, 2.45) is 0 Å². The molecule has 2 heterocycles. The van der Waals surface area contributed by atoms with Crippen molar-refractivity contribution >= 4 is 17.1 Å². The van der Waals surface area contributed by atoms with Crippen molar-refractivity contribution in [1.29, 1.82) is 0 Å². The quantitative estimate of drug-likeness (QED) is 0.656. The third-order valence-electron chi connectivity index (χ3n) is 7.26. The Hall–Kier alpha value is -1.67. The highest BCUT2D eigenvalue weighted by Gasteiger charge is 2.55. The van der Waals surface area contributed by atoms with Gasteiger partial charge in [-0.1, -0.05) is 60.7 Å². The standard InChI is InChI=1S/C24H32BNO4S/c1-22(2)23(3,4)30-25(29-22)17-21-16-24(18-26(21)31(5,27)28,19-12-8-6-9-13-19)20-14-10-7-11-15-20/h6-15,21H,16-18H2,1-5H3. The van der Waals surface area contributed by atoms with Crippen LogP contribution in [0.3, 0.4) is 0 Å². The molecule has 0 radical (unpaired) electrons. The topological polar surface area (TPSA) is 55.8 Å². The molecule has 0 spiro atoms. The molecule has 7 heteroatoms. The predicted octanol–water partition coefficient (Wildman–Crippen LogP) is 4.10. The molecule has 0 amide bonds. The first-order valence-electron chi connectivity index (χ1n) is 10.9. The van der Waals surface area contributed by atoms with Gasteiger partial charge in [0.25, 0.3) is 0 Å². The van der Waals surface area contributed by atoms with Crippen LogP contribution in [-0.2, 0) is 24.7 Å². The van der Waals surface area contributed by atoms with E-state index in [9.17, 15) is 8.42 Å². The van der Waals surface area contributed by atoms with Gasteiger partial charge in [0.15, 0.2) is 0 Å². The number of benzene rings is 2. The summed E-state index contributed by atoms with van der Waals surface area (Å²) in [4.78, 5) is 0. The molecular weight excluding hydrogens is 409 g/mol. The summed E-state index contributed by atoms with van der Waals surface area (Å²) in [5, 5.41) is 0. The molecule has 0 N–H and O–H groups in total. The molecule has 0 saturated carbocycles. The van der Waals surface area contributed by atoms with E-state index >= 15 is 0 Å². The fraction of sp³-hybridized carbons (Fsp3) is 0.500. The van der Waals surface area contributed by atoms with Crippen molar-refractivity contribution in [2.45, 2.75) is 63.1 Å². The molecule has 2 aromatic rings. The van der Waals surface area contributed by atoms with Crippen LogP contribution in [-0.4, -0.2) is 49.9 Å². The van der Waals surface area contributed by atoms with Crippen LogP contribution < -0.4 is 0 Å². The van der Waals surface area contributed by atoms with Crippen molar-refractivity contribution in [2.75, 3.05) is 12.8 Å². The van der Waals surface area contributed by atoms with Gasteiger partial charge in [0.2, 0.25) is 10.0 Å². The third kappa shape index (κ3) is 4.09. The normalized spacial score (nSPS) is 25.1. The Balaban J connectivity index is 1.73. The van der Waals surface area contributed by atoms with E-state index in [1.54, 1.807) is 4.31 Å². The second-order valence-electron chi connectivity index (χ2n) is 9.90. The SMILES string of the molecule is CC1(C)OB(CC2CC(c3ccccc3)(c3ccccc3)CN2S(C)(=O)=O)OC1(C)C. The van der Waals surface area contributed by atoms with E-state index < -0.39 is 33.8 Å². The fourth-order valence-electron chi connectivity index (χ4n) is 4.94. The maximum atomic E-state index is 12.9. The molecular formula is C24H32BNO4S. The summed E-state index contributed by atoms with van der Waals surface area (Å²) in [6.07, 6.45) is 2.48. The minimum atomic E-state index is -3.42. The van der Waals surface area contributed by atoms with Crippen LogP contribution in [0.2, 0.25) is 6.32 Å². The lowest BCUT2D eigenvalue weighted by Gasteiger charge is -2.32. The highest BCUT2D eigenvalue weighted by molar-refractivity contribution is 7.88. The lowest BCUT2D eigenvalue weighted by molar-refractivity contribution is 0.00578. The van der Waals surface area contributed by atoms with Crippen molar-refractivity contribution < 1.29 is 17.7 Å². The van der Waals surface area contributed by atoms with Gasteiger partial charge in [0.1, 0.15) is 0 Å². The van der Waals surface area contributed by atoms with Crippen LogP contribution in [0.15, 0.2) is 60.7 Å². The zero-order chi connectivity index (χ0) is 22.5. The molecule has 31 heavy (non-hydrogen) atoms. The average molecular weight is 441 g/mol. The third-order valence-corrected chi connectivity index (χ3v) is 8.54. The molecule has 1 atom stereocenters. The zero-order valence-electron chi connectivity index (χ0n) is 19.0. The lowest BCUT2D eigenvalue weighted by atomic mass is 9.70. The van der Waals surface area contributed by atoms with Gasteiger partial charge in [-0.2, -0.15) is 4.31 Å². The van der Waals surface area contributed by atoms with Crippen molar-refractivity contribution in [1.82, 2.24) is 4.31 Å². The number of rotatable bonds is 5. The van der Waals surface area contributed by atoms with Crippen LogP contribution in [0.4, 0.5) is 0 Å². The second-order valence-corrected chi connectivity index (χ2v) is 11.8. The van der Waals surface area contributed by atoms with Gasteiger partial charge in [-0.25, -0.2) is 8.42 Å². The van der Waals surface area contributed by atoms with Crippen LogP contribution in [0.5, 0.6) is 0 Å². The van der Waals surface area contributed by atoms with Gasteiger partial charge < -0.3 is 9.31 Å². The van der Waals surface area contributed by atoms with Crippen LogP contribution in [0.1, 0.15) is 45.2 Å². The summed E-state index contributed by atoms with van der Waals surface area (Å²) in [6, 6.07) is 20.3. The molecule has 2 saturated heterocycles. The van der Waals surface area contributed by atoms with Crippen molar-refractivity contribution in [3.8, 4) is 0 Å². The minimum Gasteiger partial charge on any atom is -0.403 e. The molecule has 2 aliphatic heterocycles. The summed E-state index contributed by atoms with van der Waals surface area (Å²) in [5.41, 5.74) is 0.960.